The highest BCUT2D eigenvalue weighted by Crippen LogP contribution is 2.26. The maximum absolute atomic E-state index is 11.4. The molecule has 5 nitrogen and oxygen atoms in total. The van der Waals surface area contributed by atoms with E-state index in [1.807, 2.05) is 25.1 Å². The number of esters is 1. The van der Waals surface area contributed by atoms with Crippen LogP contribution in [0.25, 0.3) is 10.2 Å². The number of nitrogens with one attached hydrogen (secondary N) is 1. The molecule has 0 atom stereocenters. The molecule has 0 aliphatic carbocycles. The number of nitrogens with zero attached hydrogens (tertiary/aromatic N) is 2. The number of rotatable bonds is 4. The molecule has 0 amide bonds. The van der Waals surface area contributed by atoms with E-state index in [1.54, 1.807) is 13.0 Å². The van der Waals surface area contributed by atoms with E-state index < -0.39 is 5.97 Å². The average Bonchev–Trinajstić information content (AvgIpc) is 2.81. The second-order valence-electron chi connectivity index (χ2n) is 4.02. The van der Waals surface area contributed by atoms with Gasteiger partial charge in [0.15, 0.2) is 10.7 Å². The maximum Gasteiger partial charge on any atom is 0.350 e. The molecule has 0 aliphatic heterocycles. The first-order valence-electron chi connectivity index (χ1n) is 6.05. The number of aromatic nitrogens is 1. The Labute approximate surface area is 120 Å². The number of benzene rings is 1. The number of thiazole rings is 1. The van der Waals surface area contributed by atoms with E-state index in [4.69, 9.17) is 10.00 Å². The number of hydrogen-bond acceptors (Lipinski definition) is 6. The Kier molecular flexibility index (Phi) is 4.33. The van der Waals surface area contributed by atoms with Gasteiger partial charge in [0, 0.05) is 6.20 Å². The topological polar surface area (TPSA) is 75.0 Å². The molecular formula is C14H13N3O2S. The summed E-state index contributed by atoms with van der Waals surface area (Å²) in [5.74, 6) is -0.639. The number of ether oxygens (including phenoxy) is 1. The van der Waals surface area contributed by atoms with Crippen molar-refractivity contribution in [3.05, 3.63) is 35.5 Å². The normalized spacial score (nSPS) is 11.2. The summed E-state index contributed by atoms with van der Waals surface area (Å²) in [4.78, 5) is 15.8. The summed E-state index contributed by atoms with van der Waals surface area (Å²) >= 11 is 1.46. The Morgan fingerprint density at radius 3 is 3.10 bits per heavy atom. The van der Waals surface area contributed by atoms with Gasteiger partial charge in [0.1, 0.15) is 6.07 Å². The third-order valence-corrected chi connectivity index (χ3v) is 3.45. The molecule has 0 spiro atoms. The summed E-state index contributed by atoms with van der Waals surface area (Å²) in [7, 11) is 0. The lowest BCUT2D eigenvalue weighted by atomic mass is 10.2. The first kappa shape index (κ1) is 14.0. The van der Waals surface area contributed by atoms with Crippen LogP contribution in [0.5, 0.6) is 0 Å². The van der Waals surface area contributed by atoms with Crippen molar-refractivity contribution in [3.8, 4) is 6.07 Å². The first-order valence-corrected chi connectivity index (χ1v) is 6.86. The average molecular weight is 287 g/mol. The van der Waals surface area contributed by atoms with Gasteiger partial charge < -0.3 is 10.1 Å². The van der Waals surface area contributed by atoms with E-state index in [0.29, 0.717) is 5.13 Å². The Hall–Kier alpha value is -2.39. The zero-order valence-corrected chi connectivity index (χ0v) is 12.0. The van der Waals surface area contributed by atoms with Crippen molar-refractivity contribution in [2.45, 2.75) is 13.8 Å². The van der Waals surface area contributed by atoms with Gasteiger partial charge in [-0.2, -0.15) is 5.26 Å². The van der Waals surface area contributed by atoms with E-state index in [1.165, 1.54) is 17.5 Å². The zero-order valence-electron chi connectivity index (χ0n) is 11.1. The summed E-state index contributed by atoms with van der Waals surface area (Å²) in [5.41, 5.74) is 1.96. The minimum atomic E-state index is -0.639. The molecule has 0 fully saturated rings. The molecule has 6 heteroatoms. The smallest absolute Gasteiger partial charge is 0.350 e. The molecule has 0 radical (unpaired) electrons. The Morgan fingerprint density at radius 2 is 2.40 bits per heavy atom. The van der Waals surface area contributed by atoms with E-state index in [9.17, 15) is 4.79 Å². The van der Waals surface area contributed by atoms with Gasteiger partial charge >= 0.3 is 5.97 Å². The number of aryl methyl sites for hydroxylation is 1. The molecule has 1 N–H and O–H groups in total. The molecule has 1 heterocycles. The van der Waals surface area contributed by atoms with E-state index in [-0.39, 0.29) is 12.2 Å². The summed E-state index contributed by atoms with van der Waals surface area (Å²) in [6.45, 7) is 3.94. The van der Waals surface area contributed by atoms with Crippen LogP contribution in [-0.2, 0) is 9.53 Å². The molecular weight excluding hydrogens is 274 g/mol. The second-order valence-corrected chi connectivity index (χ2v) is 5.06. The predicted octanol–water partition coefficient (Wildman–Crippen LogP) is 2.99. The third kappa shape index (κ3) is 3.13. The molecule has 0 aliphatic rings. The fraction of sp³-hybridized carbons (Fsp3) is 0.214. The molecule has 0 saturated heterocycles. The minimum Gasteiger partial charge on any atom is -0.462 e. The Balaban J connectivity index is 2.19. The number of nitriles is 1. The molecule has 1 aromatic carbocycles. The predicted molar refractivity (Wildman–Crippen MR) is 78.3 cm³/mol. The fourth-order valence-corrected chi connectivity index (χ4v) is 2.51. The number of anilines is 1. The van der Waals surface area contributed by atoms with Gasteiger partial charge in [0.05, 0.1) is 16.8 Å². The third-order valence-electron chi connectivity index (χ3n) is 2.50. The Bertz CT molecular complexity index is 713. The summed E-state index contributed by atoms with van der Waals surface area (Å²) < 4.78 is 5.82. The molecule has 20 heavy (non-hydrogen) atoms. The van der Waals surface area contributed by atoms with Crippen LogP contribution in [0.3, 0.4) is 0 Å². The molecule has 2 aromatic rings. The zero-order chi connectivity index (χ0) is 14.5. The second kappa shape index (κ2) is 6.17. The molecule has 0 bridgehead atoms. The van der Waals surface area contributed by atoms with E-state index >= 15 is 0 Å². The molecule has 102 valence electrons. The van der Waals surface area contributed by atoms with Crippen LogP contribution >= 0.6 is 11.3 Å². The van der Waals surface area contributed by atoms with Crippen molar-refractivity contribution in [1.29, 1.82) is 5.26 Å². The van der Waals surface area contributed by atoms with Crippen LogP contribution in [0.1, 0.15) is 12.5 Å². The lowest BCUT2D eigenvalue weighted by Gasteiger charge is -1.99. The van der Waals surface area contributed by atoms with Crippen molar-refractivity contribution in [2.24, 2.45) is 0 Å². The number of hydrogen-bond donors (Lipinski definition) is 1. The summed E-state index contributed by atoms with van der Waals surface area (Å²) in [5, 5.41) is 12.4. The van der Waals surface area contributed by atoms with Crippen molar-refractivity contribution in [1.82, 2.24) is 4.98 Å². The van der Waals surface area contributed by atoms with Gasteiger partial charge in [-0.3, -0.25) is 0 Å². The lowest BCUT2D eigenvalue weighted by Crippen LogP contribution is -2.07. The SMILES string of the molecule is CCOC(=O)/C(C#N)=C\Nc1nc2ccc(C)cc2s1. The quantitative estimate of drug-likeness (QED) is 0.531. The molecule has 2 rings (SSSR count). The van der Waals surface area contributed by atoms with Crippen LogP contribution in [0.15, 0.2) is 30.0 Å². The standard InChI is InChI=1S/C14H13N3O2S/c1-3-19-13(18)10(7-15)8-16-14-17-11-5-4-9(2)6-12(11)20-14/h4-6,8H,3H2,1-2H3,(H,16,17)/b10-8-. The number of fused-ring (bicyclic) bond motifs is 1. The van der Waals surface area contributed by atoms with Crippen molar-refractivity contribution in [2.75, 3.05) is 11.9 Å². The molecule has 0 saturated carbocycles. The maximum atomic E-state index is 11.4. The van der Waals surface area contributed by atoms with Gasteiger partial charge in [-0.25, -0.2) is 9.78 Å². The molecule has 0 unspecified atom stereocenters. The first-order chi connectivity index (χ1) is 9.63. The number of carbonyl (C=O) groups is 1. The number of carbonyl (C=O) groups excluding carboxylic acids is 1. The van der Waals surface area contributed by atoms with Crippen LogP contribution in [0.4, 0.5) is 5.13 Å². The van der Waals surface area contributed by atoms with Crippen molar-refractivity contribution < 1.29 is 9.53 Å². The van der Waals surface area contributed by atoms with Crippen LogP contribution in [0, 0.1) is 18.3 Å². The monoisotopic (exact) mass is 287 g/mol. The van der Waals surface area contributed by atoms with Gasteiger partial charge in [-0.1, -0.05) is 17.4 Å². The highest BCUT2D eigenvalue weighted by molar-refractivity contribution is 7.22. The van der Waals surface area contributed by atoms with Crippen LogP contribution in [-0.4, -0.2) is 17.6 Å². The van der Waals surface area contributed by atoms with Crippen LogP contribution in [0.2, 0.25) is 0 Å². The van der Waals surface area contributed by atoms with Crippen LogP contribution < -0.4 is 5.32 Å². The molecule has 1 aromatic heterocycles. The van der Waals surface area contributed by atoms with E-state index in [0.717, 1.165) is 15.8 Å². The Morgan fingerprint density at radius 1 is 1.60 bits per heavy atom. The van der Waals surface area contributed by atoms with Gasteiger partial charge in [-0.05, 0) is 31.5 Å². The fourth-order valence-electron chi connectivity index (χ4n) is 1.57. The summed E-state index contributed by atoms with van der Waals surface area (Å²) in [6.07, 6.45) is 1.32. The van der Waals surface area contributed by atoms with Crippen molar-refractivity contribution in [3.63, 3.8) is 0 Å². The highest BCUT2D eigenvalue weighted by atomic mass is 32.1. The van der Waals surface area contributed by atoms with Gasteiger partial charge in [-0.15, -0.1) is 0 Å². The van der Waals surface area contributed by atoms with Gasteiger partial charge in [0.25, 0.3) is 0 Å². The largest absolute Gasteiger partial charge is 0.462 e. The van der Waals surface area contributed by atoms with E-state index in [2.05, 4.69) is 10.3 Å². The van der Waals surface area contributed by atoms with Gasteiger partial charge in [0.2, 0.25) is 0 Å². The lowest BCUT2D eigenvalue weighted by molar-refractivity contribution is -0.138. The summed E-state index contributed by atoms with van der Waals surface area (Å²) in [6, 6.07) is 7.77. The highest BCUT2D eigenvalue weighted by Gasteiger charge is 2.10. The van der Waals surface area contributed by atoms with Crippen molar-refractivity contribution >= 4 is 32.7 Å². The minimum absolute atomic E-state index is 0.0812.